The molecule has 4 heteroatoms. The molecule has 1 amide bonds. The van der Waals surface area contributed by atoms with Crippen LogP contribution < -0.4 is 5.32 Å². The van der Waals surface area contributed by atoms with Crippen molar-refractivity contribution in [2.45, 2.75) is 13.0 Å². The molecule has 0 aliphatic carbocycles. The average Bonchev–Trinajstić information content (AvgIpc) is 3.00. The molecule has 2 unspecified atom stereocenters. The minimum atomic E-state index is 0.145. The van der Waals surface area contributed by atoms with Gasteiger partial charge in [-0.05, 0) is 19.0 Å². The van der Waals surface area contributed by atoms with Crippen molar-refractivity contribution in [3.63, 3.8) is 0 Å². The molecule has 1 N–H and O–H groups in total. The molecule has 1 aromatic carbocycles. The van der Waals surface area contributed by atoms with Gasteiger partial charge in [0.25, 0.3) is 5.91 Å². The predicted octanol–water partition coefficient (Wildman–Crippen LogP) is 1.86. The van der Waals surface area contributed by atoms with Crippen LogP contribution in [0.2, 0.25) is 0 Å². The summed E-state index contributed by atoms with van der Waals surface area (Å²) < 4.78 is 2.03. The number of likely N-dealkylation sites (tertiary alicyclic amines) is 1. The Bertz CT molecular complexity index is 646. The maximum atomic E-state index is 12.8. The Kier molecular flexibility index (Phi) is 3.26. The summed E-state index contributed by atoms with van der Waals surface area (Å²) in [5.41, 5.74) is 1.92. The average molecular weight is 271 g/mol. The summed E-state index contributed by atoms with van der Waals surface area (Å²) in [7, 11) is 3.95. The molecule has 2 aromatic rings. The van der Waals surface area contributed by atoms with Crippen LogP contribution in [0.3, 0.4) is 0 Å². The normalized spacial score (nSPS) is 22.6. The fourth-order valence-corrected chi connectivity index (χ4v) is 3.19. The lowest BCUT2D eigenvalue weighted by Crippen LogP contribution is -2.34. The van der Waals surface area contributed by atoms with Crippen molar-refractivity contribution in [1.82, 2.24) is 14.8 Å². The Balaban J connectivity index is 1.94. The molecule has 1 aliphatic heterocycles. The first kappa shape index (κ1) is 13.2. The fraction of sp³-hybridized carbons (Fsp3) is 0.438. The highest BCUT2D eigenvalue weighted by Crippen LogP contribution is 2.24. The van der Waals surface area contributed by atoms with Crippen LogP contribution >= 0.6 is 0 Å². The first-order valence-electron chi connectivity index (χ1n) is 7.12. The smallest absolute Gasteiger partial charge is 0.256 e. The molecule has 1 fully saturated rings. The third kappa shape index (κ3) is 2.00. The zero-order chi connectivity index (χ0) is 14.3. The molecule has 0 spiro atoms. The van der Waals surface area contributed by atoms with Crippen LogP contribution in [0.1, 0.15) is 17.3 Å². The van der Waals surface area contributed by atoms with E-state index >= 15 is 0 Å². The zero-order valence-electron chi connectivity index (χ0n) is 12.3. The number of nitrogens with one attached hydrogen (secondary N) is 1. The molecule has 0 saturated carbocycles. The second-order valence-corrected chi connectivity index (χ2v) is 5.75. The number of benzene rings is 1. The topological polar surface area (TPSA) is 37.3 Å². The van der Waals surface area contributed by atoms with Crippen molar-refractivity contribution in [3.05, 3.63) is 36.0 Å². The molecule has 2 heterocycles. The lowest BCUT2D eigenvalue weighted by Gasteiger charge is -2.15. The van der Waals surface area contributed by atoms with Gasteiger partial charge in [0, 0.05) is 43.3 Å². The molecule has 0 radical (unpaired) electrons. The molecular weight excluding hydrogens is 250 g/mol. The Morgan fingerprint density at radius 2 is 2.05 bits per heavy atom. The highest BCUT2D eigenvalue weighted by Gasteiger charge is 2.32. The van der Waals surface area contributed by atoms with Gasteiger partial charge in [0.15, 0.2) is 0 Å². The number of para-hydroxylation sites is 1. The zero-order valence-corrected chi connectivity index (χ0v) is 12.3. The maximum Gasteiger partial charge on any atom is 0.256 e. The van der Waals surface area contributed by atoms with E-state index in [1.807, 2.05) is 48.0 Å². The first-order valence-corrected chi connectivity index (χ1v) is 7.12. The Morgan fingerprint density at radius 1 is 1.30 bits per heavy atom. The number of nitrogens with zero attached hydrogens (tertiary/aromatic N) is 2. The van der Waals surface area contributed by atoms with E-state index in [1.165, 1.54) is 0 Å². The summed E-state index contributed by atoms with van der Waals surface area (Å²) in [4.78, 5) is 14.7. The number of rotatable bonds is 2. The molecule has 1 aromatic heterocycles. The van der Waals surface area contributed by atoms with Crippen LogP contribution in [0, 0.1) is 5.92 Å². The van der Waals surface area contributed by atoms with E-state index in [0.29, 0.717) is 12.0 Å². The number of aromatic nitrogens is 1. The predicted molar refractivity (Wildman–Crippen MR) is 80.8 cm³/mol. The van der Waals surface area contributed by atoms with E-state index in [2.05, 4.69) is 18.3 Å². The second kappa shape index (κ2) is 4.94. The monoisotopic (exact) mass is 271 g/mol. The van der Waals surface area contributed by atoms with Gasteiger partial charge in [-0.25, -0.2) is 0 Å². The Hall–Kier alpha value is -1.81. The molecule has 20 heavy (non-hydrogen) atoms. The van der Waals surface area contributed by atoms with E-state index in [4.69, 9.17) is 0 Å². The fourth-order valence-electron chi connectivity index (χ4n) is 3.19. The van der Waals surface area contributed by atoms with Gasteiger partial charge < -0.3 is 14.8 Å². The minimum absolute atomic E-state index is 0.145. The molecule has 106 valence electrons. The van der Waals surface area contributed by atoms with E-state index < -0.39 is 0 Å². The molecule has 1 aliphatic rings. The summed E-state index contributed by atoms with van der Waals surface area (Å²) >= 11 is 0. The quantitative estimate of drug-likeness (QED) is 0.905. The lowest BCUT2D eigenvalue weighted by molar-refractivity contribution is 0.0788. The van der Waals surface area contributed by atoms with Gasteiger partial charge in [-0.15, -0.1) is 0 Å². The largest absolute Gasteiger partial charge is 0.350 e. The van der Waals surface area contributed by atoms with Gasteiger partial charge in [-0.2, -0.15) is 0 Å². The van der Waals surface area contributed by atoms with E-state index in [0.717, 1.165) is 29.6 Å². The number of hydrogen-bond acceptors (Lipinski definition) is 2. The van der Waals surface area contributed by atoms with Crippen molar-refractivity contribution in [3.8, 4) is 0 Å². The molecule has 3 rings (SSSR count). The number of likely N-dealkylation sites (N-methyl/N-ethyl adjacent to an activating group) is 1. The van der Waals surface area contributed by atoms with Crippen molar-refractivity contribution >= 4 is 16.8 Å². The van der Waals surface area contributed by atoms with Gasteiger partial charge >= 0.3 is 0 Å². The highest BCUT2D eigenvalue weighted by molar-refractivity contribution is 6.07. The van der Waals surface area contributed by atoms with Crippen LogP contribution in [-0.4, -0.2) is 41.6 Å². The summed E-state index contributed by atoms with van der Waals surface area (Å²) in [6.45, 7) is 3.81. The number of hydrogen-bond donors (Lipinski definition) is 1. The van der Waals surface area contributed by atoms with E-state index in [1.54, 1.807) is 0 Å². The van der Waals surface area contributed by atoms with Gasteiger partial charge in [-0.3, -0.25) is 4.79 Å². The third-order valence-corrected chi connectivity index (χ3v) is 4.40. The van der Waals surface area contributed by atoms with Gasteiger partial charge in [0.2, 0.25) is 0 Å². The van der Waals surface area contributed by atoms with Crippen molar-refractivity contribution in [2.75, 3.05) is 20.1 Å². The van der Waals surface area contributed by atoms with Crippen LogP contribution in [-0.2, 0) is 7.05 Å². The molecule has 4 nitrogen and oxygen atoms in total. The van der Waals surface area contributed by atoms with Crippen molar-refractivity contribution in [1.29, 1.82) is 0 Å². The van der Waals surface area contributed by atoms with Gasteiger partial charge in [0.05, 0.1) is 5.56 Å². The molecule has 0 bridgehead atoms. The van der Waals surface area contributed by atoms with Gasteiger partial charge in [-0.1, -0.05) is 25.1 Å². The van der Waals surface area contributed by atoms with Gasteiger partial charge in [0.1, 0.15) is 0 Å². The van der Waals surface area contributed by atoms with E-state index in [9.17, 15) is 4.79 Å². The molecule has 1 saturated heterocycles. The summed E-state index contributed by atoms with van der Waals surface area (Å²) in [6, 6.07) is 8.47. The standard InChI is InChI=1S/C16H21N3O/c1-11-8-19(10-14(11)17-2)16(20)13-9-18(3)15-7-5-4-6-12(13)15/h4-7,9,11,14,17H,8,10H2,1-3H3. The molecule has 2 atom stereocenters. The van der Waals surface area contributed by atoms with Crippen molar-refractivity contribution < 1.29 is 4.79 Å². The van der Waals surface area contributed by atoms with Crippen LogP contribution in [0.15, 0.2) is 30.5 Å². The van der Waals surface area contributed by atoms with Crippen LogP contribution in [0.25, 0.3) is 10.9 Å². The number of fused-ring (bicyclic) bond motifs is 1. The number of carbonyl (C=O) groups excluding carboxylic acids is 1. The summed E-state index contributed by atoms with van der Waals surface area (Å²) in [5.74, 6) is 0.644. The SMILES string of the molecule is CNC1CN(C(=O)c2cn(C)c3ccccc23)CC1C. The number of carbonyl (C=O) groups is 1. The maximum absolute atomic E-state index is 12.8. The van der Waals surface area contributed by atoms with E-state index in [-0.39, 0.29) is 5.91 Å². The summed E-state index contributed by atoms with van der Waals surface area (Å²) in [6.07, 6.45) is 1.95. The highest BCUT2D eigenvalue weighted by atomic mass is 16.2. The summed E-state index contributed by atoms with van der Waals surface area (Å²) in [5, 5.41) is 4.34. The number of amides is 1. The first-order chi connectivity index (χ1) is 9.61. The van der Waals surface area contributed by atoms with Crippen LogP contribution in [0.5, 0.6) is 0 Å². The number of aryl methyl sites for hydroxylation is 1. The second-order valence-electron chi connectivity index (χ2n) is 5.75. The van der Waals surface area contributed by atoms with Crippen LogP contribution in [0.4, 0.5) is 0 Å². The minimum Gasteiger partial charge on any atom is -0.350 e. The Morgan fingerprint density at radius 3 is 2.75 bits per heavy atom. The third-order valence-electron chi connectivity index (χ3n) is 4.40. The lowest BCUT2D eigenvalue weighted by atomic mass is 10.1. The Labute approximate surface area is 119 Å². The molecular formula is C16H21N3O. The van der Waals surface area contributed by atoms with Crippen molar-refractivity contribution in [2.24, 2.45) is 13.0 Å².